The number of hydrogen-bond acceptors (Lipinski definition) is 4. The van der Waals surface area contributed by atoms with Gasteiger partial charge in [-0.3, -0.25) is 14.5 Å². The second kappa shape index (κ2) is 8.34. The summed E-state index contributed by atoms with van der Waals surface area (Å²) in [6, 6.07) is 0.278. The summed E-state index contributed by atoms with van der Waals surface area (Å²) in [5.41, 5.74) is 0. The SMILES string of the molecule is CNC(=O)CN1CCC(NC(=O)CCC2CCNC2)CC1. The number of nitrogens with zero attached hydrogens (tertiary/aromatic N) is 1. The van der Waals surface area contributed by atoms with Gasteiger partial charge in [-0.2, -0.15) is 0 Å². The van der Waals surface area contributed by atoms with Crippen molar-refractivity contribution in [2.24, 2.45) is 5.92 Å². The molecule has 6 heteroatoms. The van der Waals surface area contributed by atoms with Crippen molar-refractivity contribution in [2.45, 2.75) is 38.1 Å². The van der Waals surface area contributed by atoms with E-state index in [0.29, 0.717) is 18.9 Å². The molecule has 1 atom stereocenters. The lowest BCUT2D eigenvalue weighted by atomic mass is 10.0. The van der Waals surface area contributed by atoms with Gasteiger partial charge in [-0.25, -0.2) is 0 Å². The molecule has 0 saturated carbocycles. The first-order chi connectivity index (χ1) is 10.2. The van der Waals surface area contributed by atoms with E-state index in [9.17, 15) is 9.59 Å². The van der Waals surface area contributed by atoms with Crippen molar-refractivity contribution in [1.82, 2.24) is 20.9 Å². The normalized spacial score (nSPS) is 24.0. The lowest BCUT2D eigenvalue weighted by Crippen LogP contribution is -2.47. The van der Waals surface area contributed by atoms with Crippen LogP contribution in [0.15, 0.2) is 0 Å². The zero-order valence-corrected chi connectivity index (χ0v) is 13.0. The topological polar surface area (TPSA) is 73.5 Å². The molecule has 2 rings (SSSR count). The van der Waals surface area contributed by atoms with Gasteiger partial charge in [0.1, 0.15) is 0 Å². The highest BCUT2D eigenvalue weighted by molar-refractivity contribution is 5.77. The molecule has 120 valence electrons. The van der Waals surface area contributed by atoms with Crippen LogP contribution in [-0.4, -0.2) is 62.5 Å². The van der Waals surface area contributed by atoms with E-state index in [1.807, 2.05) is 0 Å². The van der Waals surface area contributed by atoms with E-state index in [2.05, 4.69) is 20.9 Å². The molecule has 6 nitrogen and oxygen atoms in total. The molecule has 2 aliphatic heterocycles. The standard InChI is InChI=1S/C15H28N4O2/c1-16-15(21)11-19-8-5-13(6-9-19)18-14(20)3-2-12-4-7-17-10-12/h12-13,17H,2-11H2,1H3,(H,16,21)(H,18,20). The van der Waals surface area contributed by atoms with Gasteiger partial charge in [-0.05, 0) is 44.7 Å². The number of hydrogen-bond donors (Lipinski definition) is 3. The molecule has 2 saturated heterocycles. The summed E-state index contributed by atoms with van der Waals surface area (Å²) in [5, 5.41) is 9.12. The average Bonchev–Trinajstić information content (AvgIpc) is 3.00. The number of nitrogens with one attached hydrogen (secondary N) is 3. The summed E-state index contributed by atoms with van der Waals surface area (Å²) in [5.74, 6) is 0.916. The first-order valence-electron chi connectivity index (χ1n) is 8.10. The largest absolute Gasteiger partial charge is 0.358 e. The van der Waals surface area contributed by atoms with E-state index < -0.39 is 0 Å². The number of likely N-dealkylation sites (N-methyl/N-ethyl adjacent to an activating group) is 1. The third-order valence-corrected chi connectivity index (χ3v) is 4.54. The van der Waals surface area contributed by atoms with Crippen molar-refractivity contribution in [3.8, 4) is 0 Å². The Bertz CT molecular complexity index is 348. The molecular formula is C15H28N4O2. The van der Waals surface area contributed by atoms with E-state index in [1.165, 1.54) is 6.42 Å². The molecule has 2 fully saturated rings. The Morgan fingerprint density at radius 3 is 2.57 bits per heavy atom. The van der Waals surface area contributed by atoms with Gasteiger partial charge in [-0.1, -0.05) is 0 Å². The van der Waals surface area contributed by atoms with Gasteiger partial charge in [0.25, 0.3) is 0 Å². The van der Waals surface area contributed by atoms with Crippen molar-refractivity contribution in [1.29, 1.82) is 0 Å². The molecule has 2 aliphatic rings. The van der Waals surface area contributed by atoms with Crippen LogP contribution in [0.1, 0.15) is 32.1 Å². The van der Waals surface area contributed by atoms with Crippen LogP contribution < -0.4 is 16.0 Å². The summed E-state index contributed by atoms with van der Waals surface area (Å²) >= 11 is 0. The highest BCUT2D eigenvalue weighted by Gasteiger charge is 2.22. The van der Waals surface area contributed by atoms with E-state index in [0.717, 1.165) is 45.4 Å². The Hall–Kier alpha value is -1.14. The van der Waals surface area contributed by atoms with Crippen LogP contribution in [0.25, 0.3) is 0 Å². The predicted molar refractivity (Wildman–Crippen MR) is 81.9 cm³/mol. The van der Waals surface area contributed by atoms with E-state index in [1.54, 1.807) is 7.05 Å². The van der Waals surface area contributed by atoms with Gasteiger partial charge in [0.05, 0.1) is 6.54 Å². The Labute approximate surface area is 127 Å². The number of rotatable bonds is 6. The van der Waals surface area contributed by atoms with Gasteiger partial charge in [0.15, 0.2) is 0 Å². The number of amides is 2. The second-order valence-electron chi connectivity index (χ2n) is 6.19. The molecule has 0 bridgehead atoms. The fourth-order valence-corrected chi connectivity index (χ4v) is 3.11. The molecular weight excluding hydrogens is 268 g/mol. The number of carbonyl (C=O) groups excluding carboxylic acids is 2. The molecule has 1 unspecified atom stereocenters. The highest BCUT2D eigenvalue weighted by atomic mass is 16.2. The van der Waals surface area contributed by atoms with Gasteiger partial charge >= 0.3 is 0 Å². The summed E-state index contributed by atoms with van der Waals surface area (Å²) in [4.78, 5) is 25.4. The van der Waals surface area contributed by atoms with Crippen LogP contribution in [0.5, 0.6) is 0 Å². The molecule has 2 heterocycles. The summed E-state index contributed by atoms with van der Waals surface area (Å²) < 4.78 is 0. The summed E-state index contributed by atoms with van der Waals surface area (Å²) in [7, 11) is 1.66. The zero-order valence-electron chi connectivity index (χ0n) is 13.0. The predicted octanol–water partition coefficient (Wildman–Crippen LogP) is -0.297. The van der Waals surface area contributed by atoms with Crippen LogP contribution in [0, 0.1) is 5.92 Å². The maximum atomic E-state index is 12.0. The zero-order chi connectivity index (χ0) is 15.1. The lowest BCUT2D eigenvalue weighted by molar-refractivity contribution is -0.124. The number of piperidine rings is 1. The van der Waals surface area contributed by atoms with E-state index in [4.69, 9.17) is 0 Å². The average molecular weight is 296 g/mol. The van der Waals surface area contributed by atoms with E-state index in [-0.39, 0.29) is 17.9 Å². The van der Waals surface area contributed by atoms with Crippen molar-refractivity contribution in [3.05, 3.63) is 0 Å². The van der Waals surface area contributed by atoms with Crippen molar-refractivity contribution < 1.29 is 9.59 Å². The molecule has 0 spiro atoms. The van der Waals surface area contributed by atoms with Crippen molar-refractivity contribution in [3.63, 3.8) is 0 Å². The molecule has 0 aromatic carbocycles. The minimum atomic E-state index is 0.0580. The Morgan fingerprint density at radius 1 is 1.19 bits per heavy atom. The van der Waals surface area contributed by atoms with Gasteiger partial charge in [0.2, 0.25) is 11.8 Å². The highest BCUT2D eigenvalue weighted by Crippen LogP contribution is 2.15. The third kappa shape index (κ3) is 5.63. The van der Waals surface area contributed by atoms with Crippen LogP contribution in [0.3, 0.4) is 0 Å². The monoisotopic (exact) mass is 296 g/mol. The van der Waals surface area contributed by atoms with Gasteiger partial charge < -0.3 is 16.0 Å². The van der Waals surface area contributed by atoms with Crippen LogP contribution in [-0.2, 0) is 9.59 Å². The maximum absolute atomic E-state index is 12.0. The van der Waals surface area contributed by atoms with Gasteiger partial charge in [-0.15, -0.1) is 0 Å². The first kappa shape index (κ1) is 16.2. The molecule has 3 N–H and O–H groups in total. The van der Waals surface area contributed by atoms with Crippen LogP contribution >= 0.6 is 0 Å². The van der Waals surface area contributed by atoms with Crippen molar-refractivity contribution in [2.75, 3.05) is 39.8 Å². The maximum Gasteiger partial charge on any atom is 0.233 e. The van der Waals surface area contributed by atoms with Crippen LogP contribution in [0.4, 0.5) is 0 Å². The first-order valence-corrected chi connectivity index (χ1v) is 8.10. The van der Waals surface area contributed by atoms with Crippen molar-refractivity contribution >= 4 is 11.8 Å². The number of carbonyl (C=O) groups is 2. The minimum Gasteiger partial charge on any atom is -0.358 e. The van der Waals surface area contributed by atoms with E-state index >= 15 is 0 Å². The lowest BCUT2D eigenvalue weighted by Gasteiger charge is -2.31. The molecule has 21 heavy (non-hydrogen) atoms. The smallest absolute Gasteiger partial charge is 0.233 e. The van der Waals surface area contributed by atoms with Crippen LogP contribution in [0.2, 0.25) is 0 Å². The summed E-state index contributed by atoms with van der Waals surface area (Å²) in [6.45, 7) is 4.38. The molecule has 0 radical (unpaired) electrons. The quantitative estimate of drug-likeness (QED) is 0.629. The Kier molecular flexibility index (Phi) is 6.45. The molecule has 0 aromatic rings. The third-order valence-electron chi connectivity index (χ3n) is 4.54. The fourth-order valence-electron chi connectivity index (χ4n) is 3.11. The second-order valence-corrected chi connectivity index (χ2v) is 6.19. The van der Waals surface area contributed by atoms with Gasteiger partial charge in [0, 0.05) is 32.6 Å². The fraction of sp³-hybridized carbons (Fsp3) is 0.867. The number of likely N-dealkylation sites (tertiary alicyclic amines) is 1. The Balaban J connectivity index is 1.59. The summed E-state index contributed by atoms with van der Waals surface area (Å²) in [6.07, 6.45) is 4.71. The molecule has 0 aromatic heterocycles. The Morgan fingerprint density at radius 2 is 1.95 bits per heavy atom. The molecule has 2 amide bonds. The molecule has 0 aliphatic carbocycles. The minimum absolute atomic E-state index is 0.0580.